The third-order valence-corrected chi connectivity index (χ3v) is 12.9. The molecule has 0 aliphatic heterocycles. The summed E-state index contributed by atoms with van der Waals surface area (Å²) in [5.74, 6) is 1.88. The fourth-order valence-electron chi connectivity index (χ4n) is 9.78. The van der Waals surface area contributed by atoms with Gasteiger partial charge in [0.25, 0.3) is 0 Å². The molecule has 9 aromatic rings. The fourth-order valence-corrected chi connectivity index (χ4v) is 9.78. The summed E-state index contributed by atoms with van der Waals surface area (Å²) in [5.41, 5.74) is 18.1. The molecule has 1 saturated carbocycles. The summed E-state index contributed by atoms with van der Waals surface area (Å²) in [7, 11) is 0. The number of hydrogen-bond acceptors (Lipinski definition) is 5. The highest BCUT2D eigenvalue weighted by molar-refractivity contribution is 5.93. The van der Waals surface area contributed by atoms with Gasteiger partial charge in [-0.05, 0) is 104 Å². The molecule has 7 aromatic carbocycles. The summed E-state index contributed by atoms with van der Waals surface area (Å²) in [4.78, 5) is 19.2. The standard InChI is InChI=1S/C57H41N5/c58-36-38-17-30-50-52(34-38)57(31-5-2-6-32-57)51-16-8-15-49(53(50)51)42-24-18-39(19-25-42)46-12-7-13-47(35-46)40-20-26-44(27-21-40)55-60-54(43-10-3-1-4-11-43)61-56(62-55)45-28-22-41(23-29-45)48-14-9-33-59-37-48/h1,3-4,7-30,33-35,37H,2,5-6,31-32H2. The number of aromatic nitrogens is 4. The van der Waals surface area contributed by atoms with Crippen LogP contribution in [0.1, 0.15) is 48.8 Å². The third kappa shape index (κ3) is 6.67. The van der Waals surface area contributed by atoms with Crippen LogP contribution < -0.4 is 0 Å². The number of hydrogen-bond donors (Lipinski definition) is 0. The number of pyridine rings is 1. The van der Waals surface area contributed by atoms with Gasteiger partial charge in [0.2, 0.25) is 0 Å². The van der Waals surface area contributed by atoms with Crippen LogP contribution >= 0.6 is 0 Å². The van der Waals surface area contributed by atoms with Crippen molar-refractivity contribution in [2.75, 3.05) is 0 Å². The summed E-state index contributed by atoms with van der Waals surface area (Å²) in [6.07, 6.45) is 9.65. The minimum atomic E-state index is -0.00196. The third-order valence-electron chi connectivity index (χ3n) is 12.9. The van der Waals surface area contributed by atoms with Gasteiger partial charge in [-0.15, -0.1) is 0 Å². The molecule has 2 heterocycles. The molecule has 0 saturated heterocycles. The smallest absolute Gasteiger partial charge is 0.164 e. The summed E-state index contributed by atoms with van der Waals surface area (Å²) in [6, 6.07) is 64.3. The van der Waals surface area contributed by atoms with Crippen molar-refractivity contribution in [1.29, 1.82) is 5.26 Å². The van der Waals surface area contributed by atoms with Crippen LogP contribution in [0.4, 0.5) is 0 Å². The maximum absolute atomic E-state index is 9.82. The second-order valence-electron chi connectivity index (χ2n) is 16.5. The van der Waals surface area contributed by atoms with Gasteiger partial charge in [-0.3, -0.25) is 4.98 Å². The summed E-state index contributed by atoms with van der Waals surface area (Å²) in [6.45, 7) is 0. The number of fused-ring (bicyclic) bond motifs is 5. The molecule has 0 radical (unpaired) electrons. The van der Waals surface area contributed by atoms with Crippen LogP contribution in [0.3, 0.4) is 0 Å². The summed E-state index contributed by atoms with van der Waals surface area (Å²) < 4.78 is 0. The number of benzene rings is 7. The Labute approximate surface area is 362 Å². The highest BCUT2D eigenvalue weighted by Gasteiger charge is 2.44. The molecule has 0 amide bonds. The maximum Gasteiger partial charge on any atom is 0.164 e. The van der Waals surface area contributed by atoms with E-state index in [0.29, 0.717) is 17.5 Å². The Hall–Kier alpha value is -7.81. The lowest BCUT2D eigenvalue weighted by Gasteiger charge is -2.36. The lowest BCUT2D eigenvalue weighted by molar-refractivity contribution is 0.353. The molecule has 11 rings (SSSR count). The zero-order valence-corrected chi connectivity index (χ0v) is 34.2. The van der Waals surface area contributed by atoms with Gasteiger partial charge in [0, 0.05) is 34.5 Å². The highest BCUT2D eigenvalue weighted by Crippen LogP contribution is 2.58. The van der Waals surface area contributed by atoms with Crippen LogP contribution in [0.25, 0.3) is 89.8 Å². The topological polar surface area (TPSA) is 75.3 Å². The average Bonchev–Trinajstić information content (AvgIpc) is 3.62. The molecule has 1 spiro atoms. The van der Waals surface area contributed by atoms with Crippen LogP contribution in [-0.4, -0.2) is 19.9 Å². The van der Waals surface area contributed by atoms with Crippen molar-refractivity contribution < 1.29 is 0 Å². The van der Waals surface area contributed by atoms with Crippen LogP contribution in [-0.2, 0) is 5.41 Å². The van der Waals surface area contributed by atoms with Crippen molar-refractivity contribution in [3.8, 4) is 95.9 Å². The number of nitrogens with zero attached hydrogens (tertiary/aromatic N) is 5. The Bertz CT molecular complexity index is 3130. The Morgan fingerprint density at radius 1 is 0.403 bits per heavy atom. The van der Waals surface area contributed by atoms with Crippen molar-refractivity contribution >= 4 is 0 Å². The van der Waals surface area contributed by atoms with E-state index >= 15 is 0 Å². The first kappa shape index (κ1) is 37.2. The van der Waals surface area contributed by atoms with Crippen LogP contribution in [0.2, 0.25) is 0 Å². The quantitative estimate of drug-likeness (QED) is 0.161. The van der Waals surface area contributed by atoms with Crippen LogP contribution in [0, 0.1) is 11.3 Å². The van der Waals surface area contributed by atoms with Gasteiger partial charge in [0.05, 0.1) is 11.6 Å². The van der Waals surface area contributed by atoms with E-state index in [2.05, 4.69) is 145 Å². The molecular weight excluding hydrogens is 755 g/mol. The van der Waals surface area contributed by atoms with Gasteiger partial charge in [0.15, 0.2) is 17.5 Å². The second kappa shape index (κ2) is 15.7. The first-order valence-electron chi connectivity index (χ1n) is 21.5. The largest absolute Gasteiger partial charge is 0.264 e. The Balaban J connectivity index is 0.884. The SMILES string of the molecule is N#Cc1ccc2c(c1)C1(CCCCC1)c1cccc(-c3ccc(-c4cccc(-c5ccc(-c6nc(-c7ccccc7)nc(-c7ccc(-c8cccnc8)cc7)n6)cc5)c4)cc3)c1-2. The molecule has 2 aliphatic carbocycles. The molecule has 0 bridgehead atoms. The van der Waals surface area contributed by atoms with E-state index in [1.807, 2.05) is 48.7 Å². The van der Waals surface area contributed by atoms with Crippen molar-refractivity contribution in [2.45, 2.75) is 37.5 Å². The number of rotatable bonds is 7. The zero-order valence-electron chi connectivity index (χ0n) is 34.2. The minimum Gasteiger partial charge on any atom is -0.264 e. The molecule has 0 N–H and O–H groups in total. The predicted molar refractivity (Wildman–Crippen MR) is 250 cm³/mol. The minimum absolute atomic E-state index is 0.00196. The van der Waals surface area contributed by atoms with Gasteiger partial charge < -0.3 is 0 Å². The molecule has 62 heavy (non-hydrogen) atoms. The van der Waals surface area contributed by atoms with E-state index in [9.17, 15) is 5.26 Å². The van der Waals surface area contributed by atoms with Crippen molar-refractivity contribution in [3.05, 3.63) is 205 Å². The summed E-state index contributed by atoms with van der Waals surface area (Å²) >= 11 is 0. The molecular formula is C57H41N5. The normalized spacial score (nSPS) is 13.6. The Kier molecular flexibility index (Phi) is 9.40. The maximum atomic E-state index is 9.82. The van der Waals surface area contributed by atoms with Crippen LogP contribution in [0.15, 0.2) is 188 Å². The average molecular weight is 796 g/mol. The Morgan fingerprint density at radius 2 is 0.935 bits per heavy atom. The van der Waals surface area contributed by atoms with Gasteiger partial charge in [-0.25, -0.2) is 15.0 Å². The monoisotopic (exact) mass is 795 g/mol. The first-order chi connectivity index (χ1) is 30.6. The molecule has 5 nitrogen and oxygen atoms in total. The van der Waals surface area contributed by atoms with Gasteiger partial charge in [-0.1, -0.05) is 171 Å². The highest BCUT2D eigenvalue weighted by atomic mass is 15.0. The fraction of sp³-hybridized carbons (Fsp3) is 0.105. The zero-order chi connectivity index (χ0) is 41.5. The van der Waals surface area contributed by atoms with Gasteiger partial charge >= 0.3 is 0 Å². The lowest BCUT2D eigenvalue weighted by atomic mass is 9.67. The Morgan fingerprint density at radius 3 is 1.53 bits per heavy atom. The van der Waals surface area contributed by atoms with Gasteiger partial charge in [-0.2, -0.15) is 5.26 Å². The van der Waals surface area contributed by atoms with Crippen LogP contribution in [0.5, 0.6) is 0 Å². The van der Waals surface area contributed by atoms with E-state index in [0.717, 1.165) is 62.9 Å². The molecule has 0 atom stereocenters. The van der Waals surface area contributed by atoms with Crippen molar-refractivity contribution in [1.82, 2.24) is 19.9 Å². The molecule has 5 heteroatoms. The van der Waals surface area contributed by atoms with E-state index in [1.54, 1.807) is 6.20 Å². The van der Waals surface area contributed by atoms with E-state index in [4.69, 9.17) is 15.0 Å². The van der Waals surface area contributed by atoms with E-state index in [1.165, 1.54) is 58.2 Å². The van der Waals surface area contributed by atoms with E-state index in [-0.39, 0.29) is 5.41 Å². The lowest BCUT2D eigenvalue weighted by Crippen LogP contribution is -2.28. The molecule has 294 valence electrons. The number of nitriles is 1. The van der Waals surface area contributed by atoms with Gasteiger partial charge in [0.1, 0.15) is 0 Å². The molecule has 2 aromatic heterocycles. The predicted octanol–water partition coefficient (Wildman–Crippen LogP) is 14.0. The first-order valence-corrected chi connectivity index (χ1v) is 21.5. The molecule has 2 aliphatic rings. The van der Waals surface area contributed by atoms with Crippen molar-refractivity contribution in [2.24, 2.45) is 0 Å². The second-order valence-corrected chi connectivity index (χ2v) is 16.5. The van der Waals surface area contributed by atoms with Crippen molar-refractivity contribution in [3.63, 3.8) is 0 Å². The molecule has 1 fully saturated rings. The van der Waals surface area contributed by atoms with E-state index < -0.39 is 0 Å². The molecule has 0 unspecified atom stereocenters. The summed E-state index contributed by atoms with van der Waals surface area (Å²) in [5, 5.41) is 9.82.